The van der Waals surface area contributed by atoms with Crippen LogP contribution in [0.1, 0.15) is 24.6 Å². The molecular weight excluding hydrogens is 315 g/mol. The van der Waals surface area contributed by atoms with E-state index in [1.54, 1.807) is 5.51 Å². The highest BCUT2D eigenvalue weighted by Gasteiger charge is 2.26. The average Bonchev–Trinajstić information content (AvgIpc) is 3.27. The van der Waals surface area contributed by atoms with Gasteiger partial charge in [0.2, 0.25) is 0 Å². The molecule has 1 unspecified atom stereocenters. The number of benzene rings is 1. The second-order valence-electron chi connectivity index (χ2n) is 5.59. The molecule has 118 valence electrons. The van der Waals surface area contributed by atoms with Crippen molar-refractivity contribution in [3.05, 3.63) is 46.8 Å². The molecule has 0 N–H and O–H groups in total. The molecule has 7 heteroatoms. The number of hydrogen-bond donors (Lipinski definition) is 0. The number of rotatable bonds is 3. The summed E-state index contributed by atoms with van der Waals surface area (Å²) in [5, 5.41) is 6.02. The zero-order chi connectivity index (χ0) is 15.6. The minimum Gasteiger partial charge on any atom is -0.371 e. The smallest absolute Gasteiger partial charge is 0.277 e. The number of halogens is 1. The fraction of sp³-hybridized carbons (Fsp3) is 0.312. The lowest BCUT2D eigenvalue weighted by atomic mass is 9.97. The number of aromatic nitrogens is 3. The van der Waals surface area contributed by atoms with Crippen LogP contribution in [0.5, 0.6) is 0 Å². The van der Waals surface area contributed by atoms with Gasteiger partial charge in [-0.1, -0.05) is 5.16 Å². The summed E-state index contributed by atoms with van der Waals surface area (Å²) < 4.78 is 18.4. The Morgan fingerprint density at radius 2 is 2.13 bits per heavy atom. The lowest BCUT2D eigenvalue weighted by Crippen LogP contribution is -2.34. The molecule has 0 bridgehead atoms. The predicted octanol–water partition coefficient (Wildman–Crippen LogP) is 3.72. The molecule has 3 aromatic rings. The van der Waals surface area contributed by atoms with Gasteiger partial charge < -0.3 is 9.42 Å². The third kappa shape index (κ3) is 2.96. The third-order valence-electron chi connectivity index (χ3n) is 4.07. The van der Waals surface area contributed by atoms with Crippen LogP contribution in [0.4, 0.5) is 10.1 Å². The van der Waals surface area contributed by atoms with Gasteiger partial charge in [0.05, 0.1) is 5.51 Å². The van der Waals surface area contributed by atoms with E-state index < -0.39 is 0 Å². The maximum absolute atomic E-state index is 13.1. The van der Waals surface area contributed by atoms with Gasteiger partial charge in [-0.05, 0) is 37.1 Å². The maximum atomic E-state index is 13.1. The molecule has 2 aromatic heterocycles. The molecule has 3 heterocycles. The average molecular weight is 330 g/mol. The summed E-state index contributed by atoms with van der Waals surface area (Å²) >= 11 is 1.50. The van der Waals surface area contributed by atoms with Gasteiger partial charge in [0.1, 0.15) is 11.5 Å². The van der Waals surface area contributed by atoms with Gasteiger partial charge in [0.15, 0.2) is 5.82 Å². The van der Waals surface area contributed by atoms with E-state index in [4.69, 9.17) is 4.52 Å². The zero-order valence-corrected chi connectivity index (χ0v) is 13.2. The normalized spacial score (nSPS) is 18.3. The Balaban J connectivity index is 1.52. The fourth-order valence-corrected chi connectivity index (χ4v) is 3.42. The molecule has 0 saturated carbocycles. The van der Waals surface area contributed by atoms with Crippen molar-refractivity contribution in [2.24, 2.45) is 0 Å². The van der Waals surface area contributed by atoms with E-state index in [2.05, 4.69) is 20.0 Å². The van der Waals surface area contributed by atoms with Gasteiger partial charge in [-0.2, -0.15) is 4.98 Å². The minimum absolute atomic E-state index is 0.213. The second kappa shape index (κ2) is 6.08. The van der Waals surface area contributed by atoms with E-state index in [1.165, 1.54) is 23.5 Å². The topological polar surface area (TPSA) is 55.1 Å². The standard InChI is InChI=1S/C16H15FN4OS/c17-12-3-5-13(6-4-12)21-7-1-2-11(8-21)15-19-16(22-20-15)14-9-23-10-18-14/h3-6,9-11H,1-2,7-8H2. The molecule has 1 atom stereocenters. The first kappa shape index (κ1) is 14.3. The van der Waals surface area contributed by atoms with Crippen LogP contribution in [0.3, 0.4) is 0 Å². The van der Waals surface area contributed by atoms with Gasteiger partial charge in [0, 0.05) is 30.1 Å². The molecule has 4 rings (SSSR count). The lowest BCUT2D eigenvalue weighted by molar-refractivity contribution is 0.403. The molecule has 1 saturated heterocycles. The van der Waals surface area contributed by atoms with Crippen molar-refractivity contribution in [2.45, 2.75) is 18.8 Å². The molecule has 0 radical (unpaired) electrons. The summed E-state index contributed by atoms with van der Waals surface area (Å²) in [6.07, 6.45) is 2.07. The monoisotopic (exact) mass is 330 g/mol. The van der Waals surface area contributed by atoms with E-state index >= 15 is 0 Å². The van der Waals surface area contributed by atoms with Gasteiger partial charge in [-0.3, -0.25) is 0 Å². The molecule has 1 aromatic carbocycles. The zero-order valence-electron chi connectivity index (χ0n) is 12.4. The van der Waals surface area contributed by atoms with Crippen LogP contribution in [0.15, 0.2) is 39.7 Å². The van der Waals surface area contributed by atoms with Gasteiger partial charge >= 0.3 is 0 Å². The van der Waals surface area contributed by atoms with Crippen LogP contribution in [-0.2, 0) is 0 Å². The fourth-order valence-electron chi connectivity index (χ4n) is 2.90. The molecule has 0 aliphatic carbocycles. The van der Waals surface area contributed by atoms with E-state index in [0.29, 0.717) is 5.89 Å². The van der Waals surface area contributed by atoms with Crippen LogP contribution in [0.25, 0.3) is 11.6 Å². The summed E-state index contributed by atoms with van der Waals surface area (Å²) in [5.74, 6) is 1.19. The Labute approximate surface area is 136 Å². The highest BCUT2D eigenvalue weighted by atomic mass is 32.1. The Bertz CT molecular complexity index is 772. The van der Waals surface area contributed by atoms with Gasteiger partial charge in [0.25, 0.3) is 5.89 Å². The molecule has 1 aliphatic heterocycles. The Morgan fingerprint density at radius 3 is 2.91 bits per heavy atom. The number of anilines is 1. The van der Waals surface area contributed by atoms with Crippen molar-refractivity contribution in [1.29, 1.82) is 0 Å². The highest BCUT2D eigenvalue weighted by Crippen LogP contribution is 2.29. The van der Waals surface area contributed by atoms with Crippen molar-refractivity contribution in [3.63, 3.8) is 0 Å². The minimum atomic E-state index is -0.214. The highest BCUT2D eigenvalue weighted by molar-refractivity contribution is 7.07. The molecule has 1 aliphatic rings. The van der Waals surface area contributed by atoms with Crippen molar-refractivity contribution in [3.8, 4) is 11.6 Å². The Morgan fingerprint density at radius 1 is 1.26 bits per heavy atom. The van der Waals surface area contributed by atoms with E-state index in [9.17, 15) is 4.39 Å². The SMILES string of the molecule is Fc1ccc(N2CCCC(c3noc(-c4cscn4)n3)C2)cc1. The molecular formula is C16H15FN4OS. The second-order valence-corrected chi connectivity index (χ2v) is 6.31. The quantitative estimate of drug-likeness (QED) is 0.732. The molecule has 0 amide bonds. The lowest BCUT2D eigenvalue weighted by Gasteiger charge is -2.33. The maximum Gasteiger partial charge on any atom is 0.277 e. The molecule has 0 spiro atoms. The van der Waals surface area contributed by atoms with Crippen LogP contribution >= 0.6 is 11.3 Å². The summed E-state index contributed by atoms with van der Waals surface area (Å²) in [5.41, 5.74) is 3.50. The Kier molecular flexibility index (Phi) is 3.78. The Hall–Kier alpha value is -2.28. The van der Waals surface area contributed by atoms with Crippen molar-refractivity contribution >= 4 is 17.0 Å². The van der Waals surface area contributed by atoms with Crippen molar-refractivity contribution in [2.75, 3.05) is 18.0 Å². The van der Waals surface area contributed by atoms with Crippen LogP contribution in [-0.4, -0.2) is 28.2 Å². The van der Waals surface area contributed by atoms with Crippen LogP contribution in [0, 0.1) is 5.82 Å². The molecule has 23 heavy (non-hydrogen) atoms. The molecule has 1 fully saturated rings. The largest absolute Gasteiger partial charge is 0.371 e. The number of nitrogens with zero attached hydrogens (tertiary/aromatic N) is 4. The predicted molar refractivity (Wildman–Crippen MR) is 86.0 cm³/mol. The summed E-state index contributed by atoms with van der Waals surface area (Å²) in [6, 6.07) is 6.62. The van der Waals surface area contributed by atoms with E-state index in [0.717, 1.165) is 43.1 Å². The first-order chi connectivity index (χ1) is 11.3. The summed E-state index contributed by atoms with van der Waals surface area (Å²) in [4.78, 5) is 10.9. The first-order valence-corrected chi connectivity index (χ1v) is 8.46. The first-order valence-electron chi connectivity index (χ1n) is 7.52. The van der Waals surface area contributed by atoms with Crippen LogP contribution < -0.4 is 4.90 Å². The third-order valence-corrected chi connectivity index (χ3v) is 4.66. The van der Waals surface area contributed by atoms with Crippen molar-refractivity contribution < 1.29 is 8.91 Å². The van der Waals surface area contributed by atoms with E-state index in [-0.39, 0.29) is 11.7 Å². The van der Waals surface area contributed by atoms with Gasteiger partial charge in [-0.25, -0.2) is 9.37 Å². The van der Waals surface area contributed by atoms with Gasteiger partial charge in [-0.15, -0.1) is 11.3 Å². The van der Waals surface area contributed by atoms with E-state index in [1.807, 2.05) is 17.5 Å². The summed E-state index contributed by atoms with van der Waals surface area (Å²) in [6.45, 7) is 1.76. The number of hydrogen-bond acceptors (Lipinski definition) is 6. The summed E-state index contributed by atoms with van der Waals surface area (Å²) in [7, 11) is 0. The van der Waals surface area contributed by atoms with Crippen LogP contribution in [0.2, 0.25) is 0 Å². The number of piperidine rings is 1. The number of thiazole rings is 1. The molecule has 5 nitrogen and oxygen atoms in total. The van der Waals surface area contributed by atoms with Crippen molar-refractivity contribution in [1.82, 2.24) is 15.1 Å².